The van der Waals surface area contributed by atoms with E-state index in [-0.39, 0.29) is 41.0 Å². The molecular formula is C19H20ClF2N3O3S. The van der Waals surface area contributed by atoms with Crippen LogP contribution in [0.5, 0.6) is 0 Å². The van der Waals surface area contributed by atoms with E-state index < -0.39 is 21.7 Å². The van der Waals surface area contributed by atoms with Crippen molar-refractivity contribution < 1.29 is 22.0 Å². The maximum absolute atomic E-state index is 13.7. The van der Waals surface area contributed by atoms with E-state index in [9.17, 15) is 22.0 Å². The Labute approximate surface area is 173 Å². The molecule has 6 nitrogen and oxygen atoms in total. The maximum Gasteiger partial charge on any atom is 0.243 e. The van der Waals surface area contributed by atoms with Crippen LogP contribution in [-0.4, -0.2) is 56.3 Å². The summed E-state index contributed by atoms with van der Waals surface area (Å²) in [6.45, 7) is 1.78. The number of sulfonamides is 1. The van der Waals surface area contributed by atoms with Gasteiger partial charge < -0.3 is 10.2 Å². The first-order chi connectivity index (χ1) is 13.8. The number of anilines is 1. The van der Waals surface area contributed by atoms with Gasteiger partial charge in [0.15, 0.2) is 0 Å². The van der Waals surface area contributed by atoms with E-state index in [1.165, 1.54) is 34.6 Å². The fourth-order valence-electron chi connectivity index (χ4n) is 3.03. The van der Waals surface area contributed by atoms with Crippen molar-refractivity contribution in [2.24, 2.45) is 0 Å². The topological polar surface area (TPSA) is 69.7 Å². The molecule has 0 saturated carbocycles. The predicted molar refractivity (Wildman–Crippen MR) is 106 cm³/mol. The van der Waals surface area contributed by atoms with Crippen LogP contribution in [0.15, 0.2) is 47.4 Å². The van der Waals surface area contributed by atoms with Gasteiger partial charge in [-0.25, -0.2) is 17.2 Å². The van der Waals surface area contributed by atoms with Gasteiger partial charge in [-0.15, -0.1) is 0 Å². The second-order valence-electron chi connectivity index (χ2n) is 6.63. The lowest BCUT2D eigenvalue weighted by Crippen LogP contribution is -2.49. The number of piperazine rings is 1. The molecule has 1 N–H and O–H groups in total. The summed E-state index contributed by atoms with van der Waals surface area (Å²) in [5.41, 5.74) is 0.0606. The van der Waals surface area contributed by atoms with E-state index in [0.29, 0.717) is 19.6 Å². The van der Waals surface area contributed by atoms with Gasteiger partial charge in [-0.3, -0.25) is 4.79 Å². The molecule has 1 heterocycles. The monoisotopic (exact) mass is 443 g/mol. The second-order valence-corrected chi connectivity index (χ2v) is 9.00. The van der Waals surface area contributed by atoms with Crippen molar-refractivity contribution in [3.8, 4) is 0 Å². The normalized spacial score (nSPS) is 16.0. The van der Waals surface area contributed by atoms with Gasteiger partial charge in [0.25, 0.3) is 0 Å². The Kier molecular flexibility index (Phi) is 6.84. The SMILES string of the molecule is O=C(CCN1CCN(S(=O)(=O)c2cccc(F)c2)CC1)Nc1ccc(Cl)cc1F. The first-order valence-electron chi connectivity index (χ1n) is 8.99. The molecule has 1 aliphatic rings. The van der Waals surface area contributed by atoms with Gasteiger partial charge in [-0.2, -0.15) is 4.31 Å². The summed E-state index contributed by atoms with van der Waals surface area (Å²) in [6.07, 6.45) is 0.138. The third-order valence-corrected chi connectivity index (χ3v) is 6.76. The zero-order chi connectivity index (χ0) is 21.0. The van der Waals surface area contributed by atoms with E-state index in [1.54, 1.807) is 0 Å². The number of halogens is 3. The van der Waals surface area contributed by atoms with Crippen LogP contribution >= 0.6 is 11.6 Å². The van der Waals surface area contributed by atoms with Crippen LogP contribution in [0.2, 0.25) is 5.02 Å². The third-order valence-electron chi connectivity index (χ3n) is 4.63. The summed E-state index contributed by atoms with van der Waals surface area (Å²) in [5, 5.41) is 2.74. The number of hydrogen-bond donors (Lipinski definition) is 1. The minimum atomic E-state index is -3.75. The highest BCUT2D eigenvalue weighted by molar-refractivity contribution is 7.89. The average molecular weight is 444 g/mol. The van der Waals surface area contributed by atoms with Gasteiger partial charge in [0, 0.05) is 44.2 Å². The lowest BCUT2D eigenvalue weighted by atomic mass is 10.2. The van der Waals surface area contributed by atoms with Crippen LogP contribution in [0, 0.1) is 11.6 Å². The van der Waals surface area contributed by atoms with E-state index >= 15 is 0 Å². The highest BCUT2D eigenvalue weighted by Gasteiger charge is 2.28. The summed E-state index contributed by atoms with van der Waals surface area (Å²) in [7, 11) is -3.75. The summed E-state index contributed by atoms with van der Waals surface area (Å²) >= 11 is 5.68. The Balaban J connectivity index is 1.49. The number of carbonyl (C=O) groups is 1. The van der Waals surface area contributed by atoms with Gasteiger partial charge in [-0.1, -0.05) is 17.7 Å². The molecule has 2 aromatic carbocycles. The number of nitrogens with one attached hydrogen (secondary N) is 1. The Morgan fingerprint density at radius 2 is 1.79 bits per heavy atom. The number of benzene rings is 2. The van der Waals surface area contributed by atoms with Crippen molar-refractivity contribution in [1.29, 1.82) is 0 Å². The zero-order valence-electron chi connectivity index (χ0n) is 15.4. The predicted octanol–water partition coefficient (Wildman–Crippen LogP) is 2.95. The molecule has 156 valence electrons. The number of carbonyl (C=O) groups excluding carboxylic acids is 1. The molecule has 0 spiro atoms. The van der Waals surface area contributed by atoms with Crippen molar-refractivity contribution in [2.75, 3.05) is 38.0 Å². The lowest BCUT2D eigenvalue weighted by molar-refractivity contribution is -0.116. The Hall–Kier alpha value is -2.07. The molecule has 1 fully saturated rings. The highest BCUT2D eigenvalue weighted by atomic mass is 35.5. The van der Waals surface area contributed by atoms with E-state index in [0.717, 1.165) is 12.1 Å². The molecule has 0 bridgehead atoms. The number of amides is 1. The van der Waals surface area contributed by atoms with Gasteiger partial charge in [0.2, 0.25) is 15.9 Å². The molecule has 0 unspecified atom stereocenters. The molecule has 0 atom stereocenters. The lowest BCUT2D eigenvalue weighted by Gasteiger charge is -2.33. The molecule has 1 aliphatic heterocycles. The number of nitrogens with zero attached hydrogens (tertiary/aromatic N) is 2. The van der Waals surface area contributed by atoms with Crippen molar-refractivity contribution >= 4 is 33.2 Å². The summed E-state index contributed by atoms with van der Waals surface area (Å²) in [6, 6.07) is 8.92. The van der Waals surface area contributed by atoms with Crippen molar-refractivity contribution in [3.05, 3.63) is 59.1 Å². The average Bonchev–Trinajstić information content (AvgIpc) is 2.69. The fourth-order valence-corrected chi connectivity index (χ4v) is 4.65. The Morgan fingerprint density at radius 3 is 2.45 bits per heavy atom. The van der Waals surface area contributed by atoms with Crippen LogP contribution < -0.4 is 5.32 Å². The summed E-state index contributed by atoms with van der Waals surface area (Å²) in [4.78, 5) is 13.9. The molecule has 0 aliphatic carbocycles. The van der Waals surface area contributed by atoms with Gasteiger partial charge >= 0.3 is 0 Å². The fraction of sp³-hybridized carbons (Fsp3) is 0.316. The summed E-state index contributed by atoms with van der Waals surface area (Å²) in [5.74, 6) is -1.56. The third kappa shape index (κ3) is 5.51. The standard InChI is InChI=1S/C19H20ClF2N3O3S/c20-14-4-5-18(17(22)12-14)23-19(26)6-7-24-8-10-25(11-9-24)29(27,28)16-3-1-2-15(21)13-16/h1-5,12-13H,6-11H2,(H,23,26). The van der Waals surface area contributed by atoms with Gasteiger partial charge in [-0.05, 0) is 36.4 Å². The second kappa shape index (κ2) is 9.17. The first-order valence-corrected chi connectivity index (χ1v) is 10.8. The minimum absolute atomic E-state index is 0.0606. The number of rotatable bonds is 6. The van der Waals surface area contributed by atoms with Crippen molar-refractivity contribution in [2.45, 2.75) is 11.3 Å². The molecule has 0 aromatic heterocycles. The highest BCUT2D eigenvalue weighted by Crippen LogP contribution is 2.20. The Bertz CT molecular complexity index is 996. The molecule has 1 saturated heterocycles. The molecule has 0 radical (unpaired) electrons. The maximum atomic E-state index is 13.7. The van der Waals surface area contributed by atoms with Crippen LogP contribution in [0.4, 0.5) is 14.5 Å². The van der Waals surface area contributed by atoms with Crippen LogP contribution in [0.3, 0.4) is 0 Å². The molecule has 1 amide bonds. The van der Waals surface area contributed by atoms with E-state index in [4.69, 9.17) is 11.6 Å². The van der Waals surface area contributed by atoms with Gasteiger partial charge in [0.1, 0.15) is 11.6 Å². The zero-order valence-corrected chi connectivity index (χ0v) is 17.0. The minimum Gasteiger partial charge on any atom is -0.324 e. The van der Waals surface area contributed by atoms with E-state index in [1.807, 2.05) is 4.90 Å². The van der Waals surface area contributed by atoms with Gasteiger partial charge in [0.05, 0.1) is 10.6 Å². The molecule has 3 rings (SSSR count). The molecular weight excluding hydrogens is 424 g/mol. The first kappa shape index (κ1) is 21.6. The van der Waals surface area contributed by atoms with Crippen molar-refractivity contribution in [1.82, 2.24) is 9.21 Å². The van der Waals surface area contributed by atoms with Crippen LogP contribution in [0.25, 0.3) is 0 Å². The van der Waals surface area contributed by atoms with Crippen LogP contribution in [-0.2, 0) is 14.8 Å². The molecule has 2 aromatic rings. The Morgan fingerprint density at radius 1 is 1.07 bits per heavy atom. The quantitative estimate of drug-likeness (QED) is 0.745. The van der Waals surface area contributed by atoms with E-state index in [2.05, 4.69) is 5.32 Å². The molecule has 29 heavy (non-hydrogen) atoms. The number of hydrogen-bond acceptors (Lipinski definition) is 4. The smallest absolute Gasteiger partial charge is 0.243 e. The largest absolute Gasteiger partial charge is 0.324 e. The summed E-state index contributed by atoms with van der Waals surface area (Å²) < 4.78 is 53.6. The van der Waals surface area contributed by atoms with Crippen LogP contribution in [0.1, 0.15) is 6.42 Å². The van der Waals surface area contributed by atoms with Crippen molar-refractivity contribution in [3.63, 3.8) is 0 Å². The molecule has 10 heteroatoms.